The van der Waals surface area contributed by atoms with Gasteiger partial charge in [0.1, 0.15) is 5.75 Å². The van der Waals surface area contributed by atoms with Crippen molar-refractivity contribution in [2.45, 2.75) is 23.3 Å². The molecule has 6 heteroatoms. The summed E-state index contributed by atoms with van der Waals surface area (Å²) in [6.45, 7) is 0. The molecular formula is C28H24N2O3S. The normalized spacial score (nSPS) is 21.0. The van der Waals surface area contributed by atoms with E-state index in [2.05, 4.69) is 28.3 Å². The van der Waals surface area contributed by atoms with Gasteiger partial charge in [-0.05, 0) is 65.1 Å². The average molecular weight is 469 g/mol. The molecule has 0 bridgehead atoms. The van der Waals surface area contributed by atoms with Gasteiger partial charge in [-0.2, -0.15) is 0 Å². The molecule has 1 aliphatic carbocycles. The molecule has 0 spiro atoms. The number of nitrogens with one attached hydrogen (secondary N) is 2. The maximum atomic E-state index is 13.1. The summed E-state index contributed by atoms with van der Waals surface area (Å²) in [6.07, 6.45) is 5.18. The molecule has 3 N–H and O–H groups in total. The van der Waals surface area contributed by atoms with E-state index >= 15 is 0 Å². The fourth-order valence-corrected chi connectivity index (χ4v) is 6.45. The Morgan fingerprint density at radius 3 is 2.56 bits per heavy atom. The Kier molecular flexibility index (Phi) is 4.85. The number of rotatable bonds is 4. The number of phenols is 1. The van der Waals surface area contributed by atoms with E-state index < -0.39 is 10.0 Å². The van der Waals surface area contributed by atoms with Crippen LogP contribution < -0.4 is 10.0 Å². The molecule has 1 aliphatic heterocycles. The van der Waals surface area contributed by atoms with Crippen LogP contribution in [0.3, 0.4) is 0 Å². The molecule has 170 valence electrons. The van der Waals surface area contributed by atoms with Gasteiger partial charge in [-0.1, -0.05) is 60.7 Å². The number of phenolic OH excluding ortho intramolecular Hbond substituents is 1. The van der Waals surface area contributed by atoms with Crippen molar-refractivity contribution < 1.29 is 13.5 Å². The predicted molar refractivity (Wildman–Crippen MR) is 136 cm³/mol. The molecule has 2 aliphatic rings. The van der Waals surface area contributed by atoms with Gasteiger partial charge in [-0.15, -0.1) is 0 Å². The molecule has 0 saturated carbocycles. The standard InChI is InChI=1S/C28H24N2O3S/c31-26-16-13-18-7-4-5-10-21(18)27(26)28-23-12-6-11-22(23)24-17-20(14-15-25(24)29-28)34(32,33)30-19-8-2-1-3-9-19/h1-11,13-17,22-23,28-31H,12H2. The third-order valence-corrected chi connectivity index (χ3v) is 8.31. The fourth-order valence-electron chi connectivity index (χ4n) is 5.36. The molecule has 4 aromatic carbocycles. The van der Waals surface area contributed by atoms with Crippen LogP contribution in [0.15, 0.2) is 102 Å². The van der Waals surface area contributed by atoms with Crippen LogP contribution in [0.25, 0.3) is 10.8 Å². The van der Waals surface area contributed by atoms with Crippen LogP contribution in [0.1, 0.15) is 29.5 Å². The van der Waals surface area contributed by atoms with E-state index in [1.165, 1.54) is 0 Å². The topological polar surface area (TPSA) is 78.4 Å². The minimum atomic E-state index is -3.72. The Morgan fingerprint density at radius 2 is 1.71 bits per heavy atom. The Labute approximate surface area is 198 Å². The van der Waals surface area contributed by atoms with Crippen LogP contribution in [-0.4, -0.2) is 13.5 Å². The molecule has 1 heterocycles. The lowest BCUT2D eigenvalue weighted by Gasteiger charge is -2.38. The van der Waals surface area contributed by atoms with E-state index in [0.717, 1.165) is 34.0 Å². The monoisotopic (exact) mass is 468 g/mol. The van der Waals surface area contributed by atoms with Crippen molar-refractivity contribution in [2.24, 2.45) is 5.92 Å². The number of benzene rings is 4. The molecular weight excluding hydrogens is 444 g/mol. The number of allylic oxidation sites excluding steroid dienone is 2. The summed E-state index contributed by atoms with van der Waals surface area (Å²) in [5.74, 6) is 0.507. The molecule has 0 radical (unpaired) electrons. The Balaban J connectivity index is 1.41. The largest absolute Gasteiger partial charge is 0.508 e. The second kappa shape index (κ2) is 7.92. The van der Waals surface area contributed by atoms with Crippen molar-refractivity contribution in [3.05, 3.63) is 108 Å². The van der Waals surface area contributed by atoms with Crippen molar-refractivity contribution in [3.8, 4) is 5.75 Å². The van der Waals surface area contributed by atoms with Crippen LogP contribution in [0.2, 0.25) is 0 Å². The zero-order chi connectivity index (χ0) is 23.3. The van der Waals surface area contributed by atoms with Gasteiger partial charge in [-0.25, -0.2) is 8.42 Å². The lowest BCUT2D eigenvalue weighted by atomic mass is 9.76. The predicted octanol–water partition coefficient (Wildman–Crippen LogP) is 6.17. The molecule has 5 nitrogen and oxygen atoms in total. The second-order valence-corrected chi connectivity index (χ2v) is 10.6. The molecule has 3 atom stereocenters. The minimum absolute atomic E-state index is 0.0616. The van der Waals surface area contributed by atoms with Gasteiger partial charge in [0, 0.05) is 22.9 Å². The SMILES string of the molecule is O=S(=O)(Nc1ccccc1)c1ccc2c(c1)C1C=CCC1C(c1c(O)ccc3ccccc13)N2. The van der Waals surface area contributed by atoms with Crippen LogP contribution in [-0.2, 0) is 10.0 Å². The highest BCUT2D eigenvalue weighted by molar-refractivity contribution is 7.92. The summed E-state index contributed by atoms with van der Waals surface area (Å²) in [7, 11) is -3.72. The van der Waals surface area contributed by atoms with Crippen molar-refractivity contribution in [1.29, 1.82) is 0 Å². The first-order chi connectivity index (χ1) is 16.5. The van der Waals surface area contributed by atoms with E-state index in [1.807, 2.05) is 36.4 Å². The van der Waals surface area contributed by atoms with Crippen LogP contribution in [0.4, 0.5) is 11.4 Å². The highest BCUT2D eigenvalue weighted by atomic mass is 32.2. The van der Waals surface area contributed by atoms with E-state index in [0.29, 0.717) is 5.69 Å². The van der Waals surface area contributed by atoms with E-state index in [1.54, 1.807) is 42.5 Å². The van der Waals surface area contributed by atoms with Gasteiger partial charge in [-0.3, -0.25) is 4.72 Å². The van der Waals surface area contributed by atoms with Crippen LogP contribution in [0, 0.1) is 5.92 Å². The molecule has 0 saturated heterocycles. The summed E-state index contributed by atoms with van der Waals surface area (Å²) in [5, 5.41) is 16.6. The zero-order valence-corrected chi connectivity index (χ0v) is 19.2. The fraction of sp³-hybridized carbons (Fsp3) is 0.143. The number of sulfonamides is 1. The van der Waals surface area contributed by atoms with Gasteiger partial charge in [0.25, 0.3) is 10.0 Å². The van der Waals surface area contributed by atoms with Gasteiger partial charge in [0.05, 0.1) is 10.9 Å². The molecule has 34 heavy (non-hydrogen) atoms. The van der Waals surface area contributed by atoms with Crippen LogP contribution in [0.5, 0.6) is 5.75 Å². The smallest absolute Gasteiger partial charge is 0.261 e. The van der Waals surface area contributed by atoms with E-state index in [-0.39, 0.29) is 28.5 Å². The van der Waals surface area contributed by atoms with Crippen molar-refractivity contribution in [2.75, 3.05) is 10.0 Å². The molecule has 0 fully saturated rings. The highest BCUT2D eigenvalue weighted by Gasteiger charge is 2.40. The van der Waals surface area contributed by atoms with Crippen molar-refractivity contribution in [3.63, 3.8) is 0 Å². The van der Waals surface area contributed by atoms with Gasteiger partial charge in [0.15, 0.2) is 0 Å². The summed E-state index contributed by atoms with van der Waals surface area (Å²) >= 11 is 0. The van der Waals surface area contributed by atoms with Gasteiger partial charge < -0.3 is 10.4 Å². The van der Waals surface area contributed by atoms with Crippen molar-refractivity contribution >= 4 is 32.2 Å². The van der Waals surface area contributed by atoms with Gasteiger partial charge >= 0.3 is 0 Å². The molecule has 3 unspecified atom stereocenters. The number of anilines is 2. The lowest BCUT2D eigenvalue weighted by molar-refractivity contribution is 0.404. The number of para-hydroxylation sites is 1. The maximum Gasteiger partial charge on any atom is 0.261 e. The number of aromatic hydroxyl groups is 1. The molecule has 4 aromatic rings. The summed E-state index contributed by atoms with van der Waals surface area (Å²) in [6, 6.07) is 25.8. The first-order valence-electron chi connectivity index (χ1n) is 11.4. The number of hydrogen-bond donors (Lipinski definition) is 3. The average Bonchev–Trinajstić information content (AvgIpc) is 3.34. The van der Waals surface area contributed by atoms with Crippen molar-refractivity contribution in [1.82, 2.24) is 0 Å². The quantitative estimate of drug-likeness (QED) is 0.313. The third-order valence-electron chi connectivity index (χ3n) is 6.93. The lowest BCUT2D eigenvalue weighted by Crippen LogP contribution is -2.29. The number of fused-ring (bicyclic) bond motifs is 4. The Bertz CT molecular complexity index is 1530. The third kappa shape index (κ3) is 3.42. The first kappa shape index (κ1) is 20.8. The molecule has 0 aromatic heterocycles. The summed E-state index contributed by atoms with van der Waals surface area (Å²) in [5.41, 5.74) is 3.28. The van der Waals surface area contributed by atoms with Crippen LogP contribution >= 0.6 is 0 Å². The second-order valence-electron chi connectivity index (χ2n) is 8.92. The van der Waals surface area contributed by atoms with E-state index in [9.17, 15) is 13.5 Å². The molecule has 0 amide bonds. The van der Waals surface area contributed by atoms with E-state index in [4.69, 9.17) is 0 Å². The zero-order valence-electron chi connectivity index (χ0n) is 18.3. The summed E-state index contributed by atoms with van der Waals surface area (Å²) < 4.78 is 28.8. The number of hydrogen-bond acceptors (Lipinski definition) is 4. The summed E-state index contributed by atoms with van der Waals surface area (Å²) in [4.78, 5) is 0.238. The Morgan fingerprint density at radius 1 is 0.912 bits per heavy atom. The highest BCUT2D eigenvalue weighted by Crippen LogP contribution is 2.52. The minimum Gasteiger partial charge on any atom is -0.508 e. The first-order valence-corrected chi connectivity index (χ1v) is 12.9. The van der Waals surface area contributed by atoms with Gasteiger partial charge in [0.2, 0.25) is 0 Å². The molecule has 6 rings (SSSR count). The maximum absolute atomic E-state index is 13.1. The Hall–Kier alpha value is -3.77.